The lowest BCUT2D eigenvalue weighted by Crippen LogP contribution is -2.52. The van der Waals surface area contributed by atoms with Gasteiger partial charge in [-0.1, -0.05) is 26.7 Å². The average molecular weight is 317 g/mol. The molecule has 0 spiro atoms. The molecule has 0 amide bonds. The summed E-state index contributed by atoms with van der Waals surface area (Å²) in [7, 11) is 0. The van der Waals surface area contributed by atoms with Gasteiger partial charge in [0.15, 0.2) is 0 Å². The SMILES string of the molecule is CC(=CO)[C@H]1CC[C@H]2[C@@H]3CCC4CCCC[C@]4(C)[C@H]3CC[C@]12C. The van der Waals surface area contributed by atoms with E-state index in [9.17, 15) is 5.11 Å². The molecule has 0 aliphatic heterocycles. The third kappa shape index (κ3) is 2.17. The Morgan fingerprint density at radius 3 is 2.43 bits per heavy atom. The maximum atomic E-state index is 9.57. The predicted molar refractivity (Wildman–Crippen MR) is 96.2 cm³/mol. The fourth-order valence-corrected chi connectivity index (χ4v) is 8.13. The Hall–Kier alpha value is -0.460. The highest BCUT2D eigenvalue weighted by Gasteiger charge is 2.59. The quantitative estimate of drug-likeness (QED) is 0.548. The molecule has 1 N–H and O–H groups in total. The van der Waals surface area contributed by atoms with E-state index in [2.05, 4.69) is 20.8 Å². The zero-order valence-corrected chi connectivity index (χ0v) is 15.5. The fraction of sp³-hybridized carbons (Fsp3) is 0.909. The van der Waals surface area contributed by atoms with Crippen molar-refractivity contribution in [3.8, 4) is 0 Å². The molecule has 4 aliphatic carbocycles. The molecule has 7 atom stereocenters. The number of hydrogen-bond donors (Lipinski definition) is 1. The van der Waals surface area contributed by atoms with Crippen LogP contribution in [0.4, 0.5) is 0 Å². The molecule has 4 saturated carbocycles. The van der Waals surface area contributed by atoms with E-state index in [-0.39, 0.29) is 0 Å². The Morgan fingerprint density at radius 1 is 0.870 bits per heavy atom. The molecule has 23 heavy (non-hydrogen) atoms. The van der Waals surface area contributed by atoms with Crippen molar-refractivity contribution in [2.45, 2.75) is 85.0 Å². The Morgan fingerprint density at radius 2 is 1.65 bits per heavy atom. The molecular weight excluding hydrogens is 280 g/mol. The second-order valence-corrected chi connectivity index (χ2v) is 9.95. The van der Waals surface area contributed by atoms with Gasteiger partial charge in [-0.25, -0.2) is 0 Å². The van der Waals surface area contributed by atoms with Gasteiger partial charge in [-0.3, -0.25) is 0 Å². The molecule has 0 aromatic heterocycles. The van der Waals surface area contributed by atoms with Gasteiger partial charge in [-0.15, -0.1) is 0 Å². The van der Waals surface area contributed by atoms with Gasteiger partial charge in [0.1, 0.15) is 0 Å². The van der Waals surface area contributed by atoms with E-state index in [0.29, 0.717) is 16.7 Å². The lowest BCUT2D eigenvalue weighted by molar-refractivity contribution is -0.108. The maximum absolute atomic E-state index is 9.57. The lowest BCUT2D eigenvalue weighted by atomic mass is 9.44. The van der Waals surface area contributed by atoms with Crippen molar-refractivity contribution in [1.29, 1.82) is 0 Å². The molecule has 130 valence electrons. The van der Waals surface area contributed by atoms with Gasteiger partial charge < -0.3 is 5.11 Å². The highest BCUT2D eigenvalue weighted by atomic mass is 16.2. The number of hydrogen-bond acceptors (Lipinski definition) is 1. The van der Waals surface area contributed by atoms with E-state index in [1.54, 1.807) is 0 Å². The van der Waals surface area contributed by atoms with Crippen molar-refractivity contribution >= 4 is 0 Å². The largest absolute Gasteiger partial charge is 0.516 e. The Labute approximate surface area is 142 Å². The van der Waals surface area contributed by atoms with E-state index < -0.39 is 0 Å². The Kier molecular flexibility index (Phi) is 3.85. The number of rotatable bonds is 1. The highest BCUT2D eigenvalue weighted by Crippen LogP contribution is 2.68. The molecule has 0 aromatic carbocycles. The molecule has 4 fully saturated rings. The molecule has 4 aliphatic rings. The van der Waals surface area contributed by atoms with Crippen LogP contribution in [0.15, 0.2) is 11.8 Å². The monoisotopic (exact) mass is 316 g/mol. The first-order chi connectivity index (χ1) is 11.0. The number of fused-ring (bicyclic) bond motifs is 5. The maximum Gasteiger partial charge on any atom is 0.0783 e. The number of aliphatic hydroxyl groups excluding tert-OH is 1. The molecule has 0 heterocycles. The molecule has 0 aromatic rings. The Bertz CT molecular complexity index is 494. The third-order valence-electron chi connectivity index (χ3n) is 9.34. The summed E-state index contributed by atoms with van der Waals surface area (Å²) >= 11 is 0. The normalized spacial score (nSPS) is 53.3. The molecule has 4 rings (SSSR count). The first-order valence-corrected chi connectivity index (χ1v) is 10.3. The number of allylic oxidation sites excluding steroid dienone is 1. The summed E-state index contributed by atoms with van der Waals surface area (Å²) < 4.78 is 0. The summed E-state index contributed by atoms with van der Waals surface area (Å²) in [6.07, 6.45) is 16.0. The number of aliphatic hydroxyl groups is 1. The second-order valence-electron chi connectivity index (χ2n) is 9.95. The Balaban J connectivity index is 1.62. The van der Waals surface area contributed by atoms with Crippen LogP contribution >= 0.6 is 0 Å². The van der Waals surface area contributed by atoms with E-state index >= 15 is 0 Å². The highest BCUT2D eigenvalue weighted by molar-refractivity contribution is 5.15. The molecule has 1 nitrogen and oxygen atoms in total. The van der Waals surface area contributed by atoms with Crippen LogP contribution < -0.4 is 0 Å². The summed E-state index contributed by atoms with van der Waals surface area (Å²) in [4.78, 5) is 0. The molecule has 1 heteroatoms. The van der Waals surface area contributed by atoms with E-state index in [1.807, 2.05) is 0 Å². The second kappa shape index (κ2) is 5.53. The van der Waals surface area contributed by atoms with Gasteiger partial charge in [0.25, 0.3) is 0 Å². The molecule has 0 saturated heterocycles. The van der Waals surface area contributed by atoms with Crippen molar-refractivity contribution in [3.05, 3.63) is 11.8 Å². The summed E-state index contributed by atoms with van der Waals surface area (Å²) in [6, 6.07) is 0. The predicted octanol–water partition coefficient (Wildman–Crippen LogP) is 6.50. The van der Waals surface area contributed by atoms with Gasteiger partial charge in [-0.2, -0.15) is 0 Å². The van der Waals surface area contributed by atoms with Crippen molar-refractivity contribution in [2.24, 2.45) is 40.4 Å². The van der Waals surface area contributed by atoms with Crippen molar-refractivity contribution in [3.63, 3.8) is 0 Å². The third-order valence-corrected chi connectivity index (χ3v) is 9.34. The molecule has 0 radical (unpaired) electrons. The first kappa shape index (κ1) is 16.0. The zero-order valence-electron chi connectivity index (χ0n) is 15.5. The van der Waals surface area contributed by atoms with Crippen LogP contribution in [0.5, 0.6) is 0 Å². The van der Waals surface area contributed by atoms with Crippen molar-refractivity contribution in [2.75, 3.05) is 0 Å². The van der Waals surface area contributed by atoms with Crippen LogP contribution in [0, 0.1) is 40.4 Å². The summed E-state index contributed by atoms with van der Waals surface area (Å²) in [5, 5.41) is 9.57. The van der Waals surface area contributed by atoms with E-state index in [4.69, 9.17) is 0 Å². The topological polar surface area (TPSA) is 20.2 Å². The smallest absolute Gasteiger partial charge is 0.0783 e. The van der Waals surface area contributed by atoms with Crippen molar-refractivity contribution in [1.82, 2.24) is 0 Å². The summed E-state index contributed by atoms with van der Waals surface area (Å²) in [6.45, 7) is 7.39. The van der Waals surface area contributed by atoms with Crippen molar-refractivity contribution < 1.29 is 5.11 Å². The van der Waals surface area contributed by atoms with Crippen LogP contribution in [0.25, 0.3) is 0 Å². The van der Waals surface area contributed by atoms with Crippen LogP contribution in [0.3, 0.4) is 0 Å². The van der Waals surface area contributed by atoms with Crippen LogP contribution in [0.2, 0.25) is 0 Å². The first-order valence-electron chi connectivity index (χ1n) is 10.3. The van der Waals surface area contributed by atoms with Gasteiger partial charge in [0.2, 0.25) is 0 Å². The zero-order chi connectivity index (χ0) is 16.2. The van der Waals surface area contributed by atoms with E-state index in [1.165, 1.54) is 76.0 Å². The van der Waals surface area contributed by atoms with Gasteiger partial charge >= 0.3 is 0 Å². The van der Waals surface area contributed by atoms with Crippen LogP contribution in [0.1, 0.15) is 85.0 Å². The molecule has 0 bridgehead atoms. The average Bonchev–Trinajstić information content (AvgIpc) is 2.91. The minimum Gasteiger partial charge on any atom is -0.516 e. The standard InChI is InChI=1S/C22H36O/c1-15(14-23)18-9-10-19-17-8-7-16-6-4-5-12-21(16,2)20(17)11-13-22(18,19)3/h14,16-20,23H,4-13H2,1-3H3/t16?,17-,18+,19-,20-,21-,22+/m0/s1. The van der Waals surface area contributed by atoms with E-state index in [0.717, 1.165) is 23.7 Å². The molecule has 1 unspecified atom stereocenters. The van der Waals surface area contributed by atoms with Crippen LogP contribution in [-0.4, -0.2) is 5.11 Å². The minimum absolute atomic E-state index is 0.461. The summed E-state index contributed by atoms with van der Waals surface area (Å²) in [5.74, 6) is 4.55. The van der Waals surface area contributed by atoms with Gasteiger partial charge in [-0.05, 0) is 104 Å². The van der Waals surface area contributed by atoms with Gasteiger partial charge in [0, 0.05) is 0 Å². The lowest BCUT2D eigenvalue weighted by Gasteiger charge is -2.60. The minimum atomic E-state index is 0.461. The molecular formula is C22H36O. The van der Waals surface area contributed by atoms with Gasteiger partial charge in [0.05, 0.1) is 6.26 Å². The summed E-state index contributed by atoms with van der Waals surface area (Å²) in [5.41, 5.74) is 2.36. The fourth-order valence-electron chi connectivity index (χ4n) is 8.13. The van der Waals surface area contributed by atoms with Crippen LogP contribution in [-0.2, 0) is 0 Å².